The number of nitrogens with two attached hydrogens (primary N) is 1. The van der Waals surface area contributed by atoms with Gasteiger partial charge in [-0.2, -0.15) is 0 Å². The molecule has 1 aliphatic carbocycles. The van der Waals surface area contributed by atoms with Crippen LogP contribution >= 0.6 is 0 Å². The molecule has 0 fully saturated rings. The van der Waals surface area contributed by atoms with E-state index < -0.39 is 0 Å². The van der Waals surface area contributed by atoms with Gasteiger partial charge < -0.3 is 10.3 Å². The van der Waals surface area contributed by atoms with Crippen molar-refractivity contribution in [3.8, 4) is 0 Å². The Bertz CT molecular complexity index is 500. The van der Waals surface area contributed by atoms with Crippen LogP contribution in [0, 0.1) is 0 Å². The monoisotopic (exact) mass is 186 g/mol. The number of hydrogen-bond donors (Lipinski definition) is 1. The third kappa shape index (κ3) is 0.789. The standard InChI is InChI=1S/C11H10N2O/c12-11(14)6-13-9-5-10(13)8-4-2-1-3-7(8)9/h1-4H,5-6H2,(H2,12,14). The first-order chi connectivity index (χ1) is 6.77. The fourth-order valence-corrected chi connectivity index (χ4v) is 2.24. The largest absolute Gasteiger partial charge is 0.368 e. The van der Waals surface area contributed by atoms with Gasteiger partial charge in [0, 0.05) is 28.6 Å². The maximum atomic E-state index is 10.8. The maximum Gasteiger partial charge on any atom is 0.237 e. The Morgan fingerprint density at radius 1 is 1.29 bits per heavy atom. The molecule has 2 heterocycles. The fraction of sp³-hybridized carbons (Fsp3) is 0.182. The molecule has 1 aliphatic heterocycles. The van der Waals surface area contributed by atoms with Crippen molar-refractivity contribution in [1.29, 1.82) is 0 Å². The van der Waals surface area contributed by atoms with E-state index in [1.54, 1.807) is 0 Å². The first-order valence-corrected chi connectivity index (χ1v) is 4.64. The van der Waals surface area contributed by atoms with Crippen molar-refractivity contribution in [2.75, 3.05) is 0 Å². The fourth-order valence-electron chi connectivity index (χ4n) is 2.24. The number of amides is 1. The quantitative estimate of drug-likeness (QED) is 0.638. The molecule has 2 bridgehead atoms. The van der Waals surface area contributed by atoms with Crippen LogP contribution in [-0.4, -0.2) is 10.5 Å². The Hall–Kier alpha value is -1.77. The van der Waals surface area contributed by atoms with E-state index in [-0.39, 0.29) is 5.91 Å². The van der Waals surface area contributed by atoms with Crippen LogP contribution in [0.3, 0.4) is 0 Å². The van der Waals surface area contributed by atoms with Crippen LogP contribution in [0.15, 0.2) is 24.3 Å². The van der Waals surface area contributed by atoms with Crippen molar-refractivity contribution >= 4 is 16.7 Å². The van der Waals surface area contributed by atoms with Gasteiger partial charge in [-0.15, -0.1) is 0 Å². The smallest absolute Gasteiger partial charge is 0.237 e. The summed E-state index contributed by atoms with van der Waals surface area (Å²) >= 11 is 0. The molecule has 4 rings (SSSR count). The molecule has 1 amide bonds. The number of hydrogen-bond acceptors (Lipinski definition) is 1. The van der Waals surface area contributed by atoms with Crippen molar-refractivity contribution in [1.82, 2.24) is 4.57 Å². The van der Waals surface area contributed by atoms with Gasteiger partial charge in [0.2, 0.25) is 5.91 Å². The number of rotatable bonds is 2. The molecule has 0 unspecified atom stereocenters. The van der Waals surface area contributed by atoms with E-state index in [2.05, 4.69) is 12.1 Å². The van der Waals surface area contributed by atoms with Gasteiger partial charge in [-0.25, -0.2) is 0 Å². The molecule has 0 atom stereocenters. The van der Waals surface area contributed by atoms with Gasteiger partial charge in [-0.05, 0) is 0 Å². The summed E-state index contributed by atoms with van der Waals surface area (Å²) in [4.78, 5) is 10.8. The van der Waals surface area contributed by atoms with E-state index >= 15 is 0 Å². The molecule has 3 nitrogen and oxygen atoms in total. The van der Waals surface area contributed by atoms with Crippen molar-refractivity contribution < 1.29 is 4.79 Å². The molecule has 0 spiro atoms. The Labute approximate surface area is 81.1 Å². The molecule has 0 radical (unpaired) electrons. The third-order valence-corrected chi connectivity index (χ3v) is 2.85. The van der Waals surface area contributed by atoms with Crippen LogP contribution in [0.2, 0.25) is 0 Å². The van der Waals surface area contributed by atoms with Crippen LogP contribution in [0.25, 0.3) is 10.8 Å². The lowest BCUT2D eigenvalue weighted by Crippen LogP contribution is -2.26. The lowest BCUT2D eigenvalue weighted by Gasteiger charge is -2.19. The predicted octanol–water partition coefficient (Wildman–Crippen LogP) is 1.03. The van der Waals surface area contributed by atoms with Crippen LogP contribution in [-0.2, 0) is 17.8 Å². The van der Waals surface area contributed by atoms with Crippen LogP contribution < -0.4 is 5.73 Å². The van der Waals surface area contributed by atoms with Crippen molar-refractivity contribution in [2.24, 2.45) is 5.73 Å². The average Bonchev–Trinajstić information content (AvgIpc) is 2.65. The number of benzene rings is 1. The Morgan fingerprint density at radius 2 is 1.86 bits per heavy atom. The van der Waals surface area contributed by atoms with Gasteiger partial charge in [-0.1, -0.05) is 24.3 Å². The van der Waals surface area contributed by atoms with Gasteiger partial charge in [0.25, 0.3) is 0 Å². The summed E-state index contributed by atoms with van der Waals surface area (Å²) in [5.41, 5.74) is 7.67. The Kier molecular flexibility index (Phi) is 1.29. The normalized spacial score (nSPS) is 12.9. The molecule has 0 saturated heterocycles. The maximum absolute atomic E-state index is 10.8. The first kappa shape index (κ1) is 7.62. The lowest BCUT2D eigenvalue weighted by atomic mass is 10.2. The highest BCUT2D eigenvalue weighted by Crippen LogP contribution is 2.36. The minimum atomic E-state index is -0.271. The Balaban J connectivity index is 2.22. The highest BCUT2D eigenvalue weighted by molar-refractivity contribution is 5.94. The van der Waals surface area contributed by atoms with Crippen molar-refractivity contribution in [2.45, 2.75) is 13.0 Å². The highest BCUT2D eigenvalue weighted by Gasteiger charge is 2.26. The minimum absolute atomic E-state index is 0.271. The third-order valence-electron chi connectivity index (χ3n) is 2.85. The molecule has 1 aromatic carbocycles. The van der Waals surface area contributed by atoms with Crippen molar-refractivity contribution in [3.05, 3.63) is 35.7 Å². The summed E-state index contributed by atoms with van der Waals surface area (Å²) in [5, 5.41) is 2.53. The number of aromatic nitrogens is 1. The summed E-state index contributed by atoms with van der Waals surface area (Å²) < 4.78 is 2.02. The number of carbonyl (C=O) groups excluding carboxylic acids is 1. The molecule has 2 aliphatic rings. The SMILES string of the molecule is NC(=O)Cn1c2c3ccccc3c1C2. The molecular formula is C11H10N2O. The van der Waals surface area contributed by atoms with E-state index in [1.807, 2.05) is 16.7 Å². The summed E-state index contributed by atoms with van der Waals surface area (Å²) in [6.07, 6.45) is 0.993. The topological polar surface area (TPSA) is 48.0 Å². The first-order valence-electron chi connectivity index (χ1n) is 4.64. The second-order valence-corrected chi connectivity index (χ2v) is 3.67. The lowest BCUT2D eigenvalue weighted by molar-refractivity contribution is -0.118. The van der Waals surface area contributed by atoms with Gasteiger partial charge in [0.05, 0.1) is 0 Å². The van der Waals surface area contributed by atoms with Crippen LogP contribution in [0.1, 0.15) is 11.4 Å². The second-order valence-electron chi connectivity index (χ2n) is 3.67. The zero-order valence-electron chi connectivity index (χ0n) is 7.66. The molecule has 2 N–H and O–H groups in total. The molecule has 3 heteroatoms. The van der Waals surface area contributed by atoms with E-state index in [9.17, 15) is 4.79 Å². The van der Waals surface area contributed by atoms with Crippen molar-refractivity contribution in [3.63, 3.8) is 0 Å². The number of primary amides is 1. The molecule has 1 aromatic heterocycles. The number of carbonyl (C=O) groups is 1. The zero-order chi connectivity index (χ0) is 9.71. The summed E-state index contributed by atoms with van der Waals surface area (Å²) in [7, 11) is 0. The zero-order valence-corrected chi connectivity index (χ0v) is 7.66. The molecule has 14 heavy (non-hydrogen) atoms. The highest BCUT2D eigenvalue weighted by atomic mass is 16.1. The average molecular weight is 186 g/mol. The molecular weight excluding hydrogens is 176 g/mol. The Morgan fingerprint density at radius 3 is 2.36 bits per heavy atom. The number of nitrogens with zero attached hydrogens (tertiary/aromatic N) is 1. The summed E-state index contributed by atoms with van der Waals surface area (Å²) in [6.45, 7) is 0.319. The van der Waals surface area contributed by atoms with Crippen LogP contribution in [0.5, 0.6) is 0 Å². The van der Waals surface area contributed by atoms with E-state index in [4.69, 9.17) is 5.73 Å². The molecule has 70 valence electrons. The van der Waals surface area contributed by atoms with Gasteiger partial charge in [0.1, 0.15) is 6.54 Å². The van der Waals surface area contributed by atoms with Gasteiger partial charge >= 0.3 is 0 Å². The van der Waals surface area contributed by atoms with Crippen LogP contribution in [0.4, 0.5) is 0 Å². The minimum Gasteiger partial charge on any atom is -0.368 e. The molecule has 0 saturated carbocycles. The second kappa shape index (κ2) is 2.38. The van der Waals surface area contributed by atoms with E-state index in [1.165, 1.54) is 22.2 Å². The summed E-state index contributed by atoms with van der Waals surface area (Å²) in [5.74, 6) is -0.271. The van der Waals surface area contributed by atoms with E-state index in [0.29, 0.717) is 6.54 Å². The molecule has 2 aromatic rings. The van der Waals surface area contributed by atoms with Gasteiger partial charge in [0.15, 0.2) is 0 Å². The predicted molar refractivity (Wildman–Crippen MR) is 53.9 cm³/mol. The summed E-state index contributed by atoms with van der Waals surface area (Å²) in [6, 6.07) is 8.24. The van der Waals surface area contributed by atoms with Gasteiger partial charge in [-0.3, -0.25) is 4.79 Å². The van der Waals surface area contributed by atoms with E-state index in [0.717, 1.165) is 6.42 Å².